The number of hydrogen-bond acceptors (Lipinski definition) is 5. The molecule has 0 fully saturated rings. The molecule has 1 aromatic heterocycles. The molecule has 0 bridgehead atoms. The average molecular weight is 267 g/mol. The van der Waals surface area contributed by atoms with Crippen LogP contribution in [-0.2, 0) is 0 Å². The zero-order valence-corrected chi connectivity index (χ0v) is 10.3. The van der Waals surface area contributed by atoms with E-state index in [1.54, 1.807) is 24.3 Å². The third kappa shape index (κ3) is 2.03. The minimum atomic E-state index is -0.571. The van der Waals surface area contributed by atoms with Gasteiger partial charge in [-0.3, -0.25) is 4.79 Å². The van der Waals surface area contributed by atoms with Crippen LogP contribution in [0.25, 0.3) is 10.8 Å². The largest absolute Gasteiger partial charge is 0.417 e. The second kappa shape index (κ2) is 4.58. The summed E-state index contributed by atoms with van der Waals surface area (Å²) in [6.07, 6.45) is 1.42. The lowest BCUT2D eigenvalue weighted by molar-refractivity contribution is 0.0946. The van der Waals surface area contributed by atoms with E-state index in [4.69, 9.17) is 4.42 Å². The lowest BCUT2D eigenvalue weighted by Crippen LogP contribution is -2.31. The van der Waals surface area contributed by atoms with Crippen molar-refractivity contribution in [1.82, 2.24) is 5.32 Å². The molecule has 1 aliphatic rings. The minimum Gasteiger partial charge on any atom is -0.417 e. The Labute approximate surface area is 113 Å². The number of amidine groups is 1. The average Bonchev–Trinajstić information content (AvgIpc) is 2.84. The third-order valence-corrected chi connectivity index (χ3v) is 2.80. The molecule has 6 heteroatoms. The minimum absolute atomic E-state index is 0.0869. The number of carbonyl (C=O) groups excluding carboxylic acids is 1. The molecule has 0 atom stereocenters. The van der Waals surface area contributed by atoms with Crippen LogP contribution in [0, 0.1) is 0 Å². The van der Waals surface area contributed by atoms with Crippen molar-refractivity contribution in [2.45, 2.75) is 0 Å². The van der Waals surface area contributed by atoms with Crippen LogP contribution in [0.2, 0.25) is 0 Å². The molecule has 0 spiro atoms. The van der Waals surface area contributed by atoms with Crippen LogP contribution >= 0.6 is 0 Å². The van der Waals surface area contributed by atoms with Crippen LogP contribution in [0.1, 0.15) is 10.6 Å². The fraction of sp³-hybridized carbons (Fsp3) is 0. The number of amides is 1. The summed E-state index contributed by atoms with van der Waals surface area (Å²) in [5.74, 6) is -0.417. The van der Waals surface area contributed by atoms with Crippen LogP contribution in [-0.4, -0.2) is 18.0 Å². The highest BCUT2D eigenvalue weighted by Crippen LogP contribution is 2.12. The lowest BCUT2D eigenvalue weighted by Gasteiger charge is -2.04. The first-order valence-corrected chi connectivity index (χ1v) is 5.80. The first-order chi connectivity index (χ1) is 9.65. The van der Waals surface area contributed by atoms with E-state index in [1.165, 1.54) is 12.3 Å². The molecule has 0 saturated carbocycles. The molecule has 1 aliphatic heterocycles. The highest BCUT2D eigenvalue weighted by atomic mass is 16.4. The highest BCUT2D eigenvalue weighted by Gasteiger charge is 2.16. The molecule has 1 amide bonds. The van der Waals surface area contributed by atoms with Crippen molar-refractivity contribution in [3.8, 4) is 0 Å². The quantitative estimate of drug-likeness (QED) is 0.849. The summed E-state index contributed by atoms with van der Waals surface area (Å²) in [7, 11) is 0. The number of hydrogen-bond donors (Lipinski definition) is 1. The summed E-state index contributed by atoms with van der Waals surface area (Å²) in [5.41, 5.74) is -0.0711. The van der Waals surface area contributed by atoms with Gasteiger partial charge >= 0.3 is 5.63 Å². The van der Waals surface area contributed by atoms with Gasteiger partial charge < -0.3 is 9.73 Å². The van der Waals surface area contributed by atoms with Crippen LogP contribution in [0.5, 0.6) is 0 Å². The maximum Gasteiger partial charge on any atom is 0.344 e. The van der Waals surface area contributed by atoms with Crippen LogP contribution < -0.4 is 10.9 Å². The molecular formula is C14H9N3O3. The van der Waals surface area contributed by atoms with Gasteiger partial charge in [0.2, 0.25) is 0 Å². The van der Waals surface area contributed by atoms with Gasteiger partial charge in [0.25, 0.3) is 5.91 Å². The first kappa shape index (κ1) is 12.0. The van der Waals surface area contributed by atoms with E-state index in [-0.39, 0.29) is 11.6 Å². The molecular weight excluding hydrogens is 258 g/mol. The topological polar surface area (TPSA) is 84.0 Å². The van der Waals surface area contributed by atoms with Gasteiger partial charge in [0.15, 0.2) is 11.6 Å². The van der Waals surface area contributed by atoms with Gasteiger partial charge in [0.1, 0.15) is 0 Å². The monoisotopic (exact) mass is 267 g/mol. The summed E-state index contributed by atoms with van der Waals surface area (Å²) in [4.78, 5) is 23.8. The molecule has 0 aliphatic carbocycles. The van der Waals surface area contributed by atoms with Gasteiger partial charge in [-0.05, 0) is 17.5 Å². The lowest BCUT2D eigenvalue weighted by atomic mass is 10.1. The van der Waals surface area contributed by atoms with E-state index in [0.717, 1.165) is 0 Å². The van der Waals surface area contributed by atoms with Gasteiger partial charge in [-0.1, -0.05) is 24.8 Å². The zero-order chi connectivity index (χ0) is 14.1. The summed E-state index contributed by atoms with van der Waals surface area (Å²) in [6.45, 7) is 3.66. The van der Waals surface area contributed by atoms with E-state index >= 15 is 0 Å². The molecule has 98 valence electrons. The summed E-state index contributed by atoms with van der Waals surface area (Å²) >= 11 is 0. The van der Waals surface area contributed by atoms with Gasteiger partial charge in [-0.25, -0.2) is 4.79 Å². The van der Waals surface area contributed by atoms with Crippen molar-refractivity contribution < 1.29 is 9.21 Å². The molecule has 0 saturated heterocycles. The van der Waals surface area contributed by atoms with Crippen LogP contribution in [0.4, 0.5) is 0 Å². The number of nitrogens with one attached hydrogen (secondary N) is 1. The van der Waals surface area contributed by atoms with Crippen molar-refractivity contribution in [2.24, 2.45) is 10.2 Å². The zero-order valence-electron chi connectivity index (χ0n) is 10.3. The molecule has 0 unspecified atom stereocenters. The predicted molar refractivity (Wildman–Crippen MR) is 75.0 cm³/mol. The molecule has 1 N–H and O–H groups in total. The second-order valence-corrected chi connectivity index (χ2v) is 4.16. The first-order valence-electron chi connectivity index (χ1n) is 5.80. The smallest absolute Gasteiger partial charge is 0.344 e. The fourth-order valence-corrected chi connectivity index (χ4v) is 1.80. The van der Waals surface area contributed by atoms with Gasteiger partial charge in [-0.2, -0.15) is 5.10 Å². The molecule has 6 nitrogen and oxygen atoms in total. The van der Waals surface area contributed by atoms with E-state index in [1.807, 2.05) is 0 Å². The number of fused-ring (bicyclic) bond motifs is 1. The summed E-state index contributed by atoms with van der Waals surface area (Å²) < 4.78 is 5.00. The maximum absolute atomic E-state index is 12.0. The summed E-state index contributed by atoms with van der Waals surface area (Å²) in [5, 5.41) is 10.9. The molecule has 0 radical (unpaired) electrons. The van der Waals surface area contributed by atoms with Gasteiger partial charge in [0.05, 0.1) is 11.6 Å². The highest BCUT2D eigenvalue weighted by molar-refractivity contribution is 6.22. The third-order valence-electron chi connectivity index (χ3n) is 2.80. The summed E-state index contributed by atoms with van der Waals surface area (Å²) in [6, 6.07) is 8.39. The molecule has 20 heavy (non-hydrogen) atoms. The Morgan fingerprint density at radius 3 is 2.85 bits per heavy atom. The van der Waals surface area contributed by atoms with Gasteiger partial charge in [0, 0.05) is 5.57 Å². The van der Waals surface area contributed by atoms with E-state index in [2.05, 4.69) is 22.1 Å². The van der Waals surface area contributed by atoms with E-state index < -0.39 is 11.5 Å². The van der Waals surface area contributed by atoms with Crippen LogP contribution in [0.3, 0.4) is 0 Å². The number of rotatable bonds is 1. The Bertz CT molecular complexity index is 846. The standard InChI is InChI=1S/C14H9N3O3/c1-8-7-15-17-12(8)16-13(18)11-6-9-4-2-3-5-10(9)14(19)20-11/h2-7H,1H2,(H,16,17,18). The normalized spacial score (nSPS) is 13.6. The Morgan fingerprint density at radius 1 is 1.30 bits per heavy atom. The Balaban J connectivity index is 1.96. The number of carbonyl (C=O) groups is 1. The van der Waals surface area contributed by atoms with Crippen molar-refractivity contribution in [3.05, 3.63) is 58.7 Å². The Morgan fingerprint density at radius 2 is 2.10 bits per heavy atom. The van der Waals surface area contributed by atoms with Crippen molar-refractivity contribution in [3.63, 3.8) is 0 Å². The molecule has 2 aromatic rings. The van der Waals surface area contributed by atoms with E-state index in [0.29, 0.717) is 16.3 Å². The van der Waals surface area contributed by atoms with Crippen molar-refractivity contribution in [2.75, 3.05) is 0 Å². The number of nitrogens with zero attached hydrogens (tertiary/aromatic N) is 2. The van der Waals surface area contributed by atoms with Crippen LogP contribution in [0.15, 0.2) is 61.9 Å². The van der Waals surface area contributed by atoms with Crippen molar-refractivity contribution in [1.29, 1.82) is 0 Å². The molecule has 2 heterocycles. The molecule has 1 aromatic carbocycles. The second-order valence-electron chi connectivity index (χ2n) is 4.16. The SMILES string of the molecule is C=C1C=NN=C1NC(=O)c1cc2ccccc2c(=O)o1. The predicted octanol–water partition coefficient (Wildman–Crippen LogP) is 1.48. The molecule has 3 rings (SSSR count). The van der Waals surface area contributed by atoms with Crippen molar-refractivity contribution >= 4 is 28.7 Å². The maximum atomic E-state index is 12.0. The fourth-order valence-electron chi connectivity index (χ4n) is 1.80. The van der Waals surface area contributed by atoms with Gasteiger partial charge in [-0.15, -0.1) is 5.10 Å². The Hall–Kier alpha value is -3.02. The van der Waals surface area contributed by atoms with E-state index in [9.17, 15) is 9.59 Å². The number of benzene rings is 1. The Kier molecular flexibility index (Phi) is 2.76.